The molecular weight excluding hydrogens is 348 g/mol. The minimum Gasteiger partial charge on any atom is -0.361 e. The number of anilines is 1. The first-order chi connectivity index (χ1) is 13.7. The Hall–Kier alpha value is -3.26. The van der Waals surface area contributed by atoms with Gasteiger partial charge in [0.05, 0.1) is 18.1 Å². The van der Waals surface area contributed by atoms with Gasteiger partial charge in [-0.1, -0.05) is 37.3 Å². The summed E-state index contributed by atoms with van der Waals surface area (Å²) in [6.07, 6.45) is 3.17. The average Bonchev–Trinajstić information content (AvgIpc) is 3.10. The van der Waals surface area contributed by atoms with E-state index >= 15 is 0 Å². The Morgan fingerprint density at radius 2 is 1.93 bits per heavy atom. The van der Waals surface area contributed by atoms with E-state index in [0.717, 1.165) is 28.6 Å². The molecule has 3 aromatic rings. The fourth-order valence-electron chi connectivity index (χ4n) is 4.00. The molecule has 0 saturated carbocycles. The van der Waals surface area contributed by atoms with Gasteiger partial charge in [-0.25, -0.2) is 0 Å². The maximum atomic E-state index is 13.4. The Bertz CT molecular complexity index is 1060. The highest BCUT2D eigenvalue weighted by molar-refractivity contribution is 6.02. The normalized spacial score (nSPS) is 17.1. The van der Waals surface area contributed by atoms with Crippen LogP contribution in [0.15, 0.2) is 54.7 Å². The number of carbonyl (C=O) groups is 1. The molecule has 1 amide bonds. The molecule has 0 unspecified atom stereocenters. The van der Waals surface area contributed by atoms with Gasteiger partial charge in [-0.3, -0.25) is 4.79 Å². The van der Waals surface area contributed by atoms with Gasteiger partial charge >= 0.3 is 0 Å². The number of aryl methyl sites for hydroxylation is 1. The first kappa shape index (κ1) is 18.1. The van der Waals surface area contributed by atoms with E-state index in [9.17, 15) is 4.79 Å². The fourth-order valence-corrected chi connectivity index (χ4v) is 4.00. The molecule has 5 heteroatoms. The number of nitrogens with zero attached hydrogens (tertiary/aromatic N) is 3. The molecule has 0 saturated heterocycles. The van der Waals surface area contributed by atoms with Crippen molar-refractivity contribution in [2.24, 2.45) is 0 Å². The highest BCUT2D eigenvalue weighted by Gasteiger charge is 2.36. The van der Waals surface area contributed by atoms with Gasteiger partial charge < -0.3 is 14.8 Å². The lowest BCUT2D eigenvalue weighted by atomic mass is 10.0. The van der Waals surface area contributed by atoms with E-state index in [-0.39, 0.29) is 18.1 Å². The third-order valence-electron chi connectivity index (χ3n) is 5.61. The summed E-state index contributed by atoms with van der Waals surface area (Å²) >= 11 is 0. The lowest BCUT2D eigenvalue weighted by Crippen LogP contribution is -2.47. The molecular formula is C23H24N4O. The lowest BCUT2D eigenvalue weighted by molar-refractivity contribution is 0.0595. The summed E-state index contributed by atoms with van der Waals surface area (Å²) in [6.45, 7) is 4.83. The third kappa shape index (κ3) is 2.91. The van der Waals surface area contributed by atoms with E-state index in [0.29, 0.717) is 18.5 Å². The molecule has 1 N–H and O–H groups in total. The third-order valence-corrected chi connectivity index (χ3v) is 5.61. The number of hydrogen-bond donors (Lipinski definition) is 1. The number of benzene rings is 2. The quantitative estimate of drug-likeness (QED) is 0.691. The first-order valence-electron chi connectivity index (χ1n) is 9.78. The van der Waals surface area contributed by atoms with E-state index < -0.39 is 0 Å². The van der Waals surface area contributed by atoms with Crippen molar-refractivity contribution < 1.29 is 4.79 Å². The predicted octanol–water partition coefficient (Wildman–Crippen LogP) is 4.92. The summed E-state index contributed by atoms with van der Waals surface area (Å²) in [5.74, 6) is 0.0579. The summed E-state index contributed by atoms with van der Waals surface area (Å²) in [7, 11) is 0. The zero-order valence-electron chi connectivity index (χ0n) is 16.2. The molecule has 0 aliphatic carbocycles. The zero-order chi connectivity index (χ0) is 19.7. The van der Waals surface area contributed by atoms with Gasteiger partial charge in [0.1, 0.15) is 6.17 Å². The molecule has 0 spiro atoms. The number of nitrogens with one attached hydrogen (secondary N) is 1. The zero-order valence-corrected chi connectivity index (χ0v) is 16.2. The Labute approximate surface area is 165 Å². The number of fused-ring (bicyclic) bond motifs is 2. The maximum Gasteiger partial charge on any atom is 0.258 e. The molecule has 0 bridgehead atoms. The van der Waals surface area contributed by atoms with Crippen LogP contribution in [-0.2, 0) is 6.54 Å². The van der Waals surface area contributed by atoms with Gasteiger partial charge in [-0.05, 0) is 31.5 Å². The van der Waals surface area contributed by atoms with Crippen LogP contribution in [-0.4, -0.2) is 21.4 Å². The van der Waals surface area contributed by atoms with Crippen molar-refractivity contribution in [2.45, 2.75) is 45.4 Å². The van der Waals surface area contributed by atoms with Crippen LogP contribution >= 0.6 is 0 Å². The molecule has 1 aliphatic rings. The topological polar surface area (TPSA) is 61.1 Å². The van der Waals surface area contributed by atoms with Gasteiger partial charge in [-0.15, -0.1) is 0 Å². The molecule has 0 fully saturated rings. The smallest absolute Gasteiger partial charge is 0.258 e. The van der Waals surface area contributed by atoms with Crippen molar-refractivity contribution in [1.82, 2.24) is 9.47 Å². The van der Waals surface area contributed by atoms with Gasteiger partial charge in [-0.2, -0.15) is 5.26 Å². The van der Waals surface area contributed by atoms with Gasteiger partial charge in [0.15, 0.2) is 0 Å². The predicted molar refractivity (Wildman–Crippen MR) is 111 cm³/mol. The molecule has 142 valence electrons. The molecule has 0 radical (unpaired) electrons. The van der Waals surface area contributed by atoms with Crippen LogP contribution in [0.4, 0.5) is 5.69 Å². The number of carbonyl (C=O) groups excluding carboxylic acids is 1. The summed E-state index contributed by atoms with van der Waals surface area (Å²) in [5, 5.41) is 13.7. The summed E-state index contributed by atoms with van der Waals surface area (Å²) in [4.78, 5) is 15.3. The number of aromatic nitrogens is 1. The number of rotatable bonds is 5. The molecule has 1 aromatic heterocycles. The number of nitriles is 1. The second-order valence-electron chi connectivity index (χ2n) is 7.27. The van der Waals surface area contributed by atoms with Crippen molar-refractivity contribution in [3.63, 3.8) is 0 Å². The van der Waals surface area contributed by atoms with E-state index in [1.807, 2.05) is 41.3 Å². The standard InChI is InChI=1S/C23H24N4O/c1-3-16(2)27-22(25-20-11-6-4-10-18(20)23(27)28)19-15-26(14-8-13-24)21-12-7-5-9-17(19)21/h4-7,9-12,15-16,22,25H,3,8,14H2,1-2H3/t16-,22+/m0/s1. The fraction of sp³-hybridized carbons (Fsp3) is 0.304. The van der Waals surface area contributed by atoms with Crippen LogP contribution in [0.3, 0.4) is 0 Å². The molecule has 2 heterocycles. The monoisotopic (exact) mass is 372 g/mol. The number of amides is 1. The lowest BCUT2D eigenvalue weighted by Gasteiger charge is -2.41. The van der Waals surface area contributed by atoms with Crippen molar-refractivity contribution in [3.05, 3.63) is 65.9 Å². The Kier molecular flexibility index (Phi) is 4.79. The van der Waals surface area contributed by atoms with Crippen molar-refractivity contribution in [1.29, 1.82) is 5.26 Å². The molecule has 2 aromatic carbocycles. The van der Waals surface area contributed by atoms with Crippen molar-refractivity contribution >= 4 is 22.5 Å². The highest BCUT2D eigenvalue weighted by Crippen LogP contribution is 2.38. The van der Waals surface area contributed by atoms with E-state index in [4.69, 9.17) is 5.26 Å². The van der Waals surface area contributed by atoms with Crippen LogP contribution in [0.25, 0.3) is 10.9 Å². The highest BCUT2D eigenvalue weighted by atomic mass is 16.2. The van der Waals surface area contributed by atoms with Crippen LogP contribution in [0.2, 0.25) is 0 Å². The minimum absolute atomic E-state index is 0.0579. The van der Waals surface area contributed by atoms with E-state index in [1.165, 1.54) is 0 Å². The van der Waals surface area contributed by atoms with Crippen LogP contribution in [0, 0.1) is 11.3 Å². The van der Waals surface area contributed by atoms with Gasteiger partial charge in [0.25, 0.3) is 5.91 Å². The Morgan fingerprint density at radius 1 is 1.18 bits per heavy atom. The van der Waals surface area contributed by atoms with Crippen LogP contribution < -0.4 is 5.32 Å². The van der Waals surface area contributed by atoms with Gasteiger partial charge in [0.2, 0.25) is 0 Å². The molecule has 5 nitrogen and oxygen atoms in total. The van der Waals surface area contributed by atoms with Gasteiger partial charge in [0, 0.05) is 40.9 Å². The average molecular weight is 372 g/mol. The SMILES string of the molecule is CC[C@H](C)N1C(=O)c2ccccc2N[C@H]1c1cn(CCC#N)c2ccccc12. The molecule has 2 atom stereocenters. The van der Waals surface area contributed by atoms with E-state index in [2.05, 4.69) is 48.1 Å². The van der Waals surface area contributed by atoms with Crippen molar-refractivity contribution in [2.75, 3.05) is 5.32 Å². The molecule has 1 aliphatic heterocycles. The second-order valence-corrected chi connectivity index (χ2v) is 7.27. The van der Waals surface area contributed by atoms with Crippen LogP contribution in [0.1, 0.15) is 48.8 Å². The summed E-state index contributed by atoms with van der Waals surface area (Å²) < 4.78 is 2.12. The summed E-state index contributed by atoms with van der Waals surface area (Å²) in [5.41, 5.74) is 3.74. The second kappa shape index (κ2) is 7.40. The molecule has 4 rings (SSSR count). The minimum atomic E-state index is -0.245. The van der Waals surface area contributed by atoms with Crippen LogP contribution in [0.5, 0.6) is 0 Å². The largest absolute Gasteiger partial charge is 0.361 e. The number of hydrogen-bond acceptors (Lipinski definition) is 3. The Balaban J connectivity index is 1.87. The number of para-hydroxylation sites is 2. The summed E-state index contributed by atoms with van der Waals surface area (Å²) in [6, 6.07) is 18.2. The first-order valence-corrected chi connectivity index (χ1v) is 9.78. The van der Waals surface area contributed by atoms with E-state index in [1.54, 1.807) is 0 Å². The Morgan fingerprint density at radius 3 is 2.71 bits per heavy atom. The molecule has 28 heavy (non-hydrogen) atoms. The maximum absolute atomic E-state index is 13.4. The van der Waals surface area contributed by atoms with Crippen molar-refractivity contribution in [3.8, 4) is 6.07 Å².